The number of sulfonamides is 1. The molecule has 0 fully saturated rings. The van der Waals surface area contributed by atoms with Crippen molar-refractivity contribution in [3.8, 4) is 0 Å². The summed E-state index contributed by atoms with van der Waals surface area (Å²) in [6, 6.07) is 1.44. The second kappa shape index (κ2) is 6.20. The molecule has 1 aromatic rings. The first-order valence-corrected chi connectivity index (χ1v) is 9.41. The minimum atomic E-state index is -4.34. The molecule has 0 bridgehead atoms. The van der Waals surface area contributed by atoms with Gasteiger partial charge in [0.1, 0.15) is 16.5 Å². The number of benzene rings is 1. The Kier molecular flexibility index (Phi) is 5.24. The van der Waals surface area contributed by atoms with Gasteiger partial charge in [0.05, 0.1) is 10.9 Å². The summed E-state index contributed by atoms with van der Waals surface area (Å²) >= 11 is 0. The van der Waals surface area contributed by atoms with Crippen molar-refractivity contribution in [2.75, 3.05) is 6.26 Å². The van der Waals surface area contributed by atoms with E-state index >= 15 is 0 Å². The molecule has 0 amide bonds. The molecule has 0 aromatic heterocycles. The lowest BCUT2D eigenvalue weighted by Gasteiger charge is -2.13. The fourth-order valence-electron chi connectivity index (χ4n) is 1.59. The molecular formula is C12H16FNO5S2. The Bertz CT molecular complexity index is 756. The zero-order chi connectivity index (χ0) is 16.4. The number of hydrogen-bond donors (Lipinski definition) is 1. The summed E-state index contributed by atoms with van der Waals surface area (Å²) in [5.41, 5.74) is 0. The molecule has 0 saturated heterocycles. The summed E-state index contributed by atoms with van der Waals surface area (Å²) in [5.74, 6) is -1.45. The van der Waals surface area contributed by atoms with Crippen molar-refractivity contribution in [1.29, 1.82) is 0 Å². The molecule has 0 saturated carbocycles. The van der Waals surface area contributed by atoms with Crippen LogP contribution in [0.2, 0.25) is 0 Å². The number of hydrogen-bond acceptors (Lipinski definition) is 5. The van der Waals surface area contributed by atoms with Gasteiger partial charge in [-0.25, -0.2) is 25.9 Å². The van der Waals surface area contributed by atoms with E-state index < -0.39 is 36.6 Å². The van der Waals surface area contributed by atoms with Crippen LogP contribution in [0, 0.1) is 5.82 Å². The van der Waals surface area contributed by atoms with Gasteiger partial charge in [-0.15, -0.1) is 0 Å². The molecule has 1 rings (SSSR count). The Labute approximate surface area is 123 Å². The van der Waals surface area contributed by atoms with Gasteiger partial charge < -0.3 is 0 Å². The van der Waals surface area contributed by atoms with Crippen LogP contribution < -0.4 is 4.72 Å². The van der Waals surface area contributed by atoms with Gasteiger partial charge in [-0.3, -0.25) is 4.79 Å². The Morgan fingerprint density at radius 3 is 2.33 bits per heavy atom. The number of carbonyl (C=O) groups is 1. The smallest absolute Gasteiger partial charge is 0.244 e. The van der Waals surface area contributed by atoms with Crippen LogP contribution in [0.15, 0.2) is 28.0 Å². The van der Waals surface area contributed by atoms with Crippen LogP contribution in [-0.4, -0.2) is 34.9 Å². The molecule has 1 aromatic carbocycles. The molecule has 0 aliphatic carbocycles. The fourth-order valence-corrected chi connectivity index (χ4v) is 3.64. The molecule has 1 N–H and O–H groups in total. The van der Waals surface area contributed by atoms with Crippen LogP contribution in [-0.2, 0) is 24.7 Å². The summed E-state index contributed by atoms with van der Waals surface area (Å²) in [6.07, 6.45) is 1.00. The maximum Gasteiger partial charge on any atom is 0.244 e. The molecule has 0 heterocycles. The zero-order valence-electron chi connectivity index (χ0n) is 11.8. The predicted octanol–water partition coefficient (Wildman–Crippen LogP) is 0.875. The van der Waals surface area contributed by atoms with Crippen molar-refractivity contribution in [3.05, 3.63) is 24.0 Å². The number of halogens is 1. The number of sulfone groups is 1. The highest BCUT2D eigenvalue weighted by molar-refractivity contribution is 7.91. The highest BCUT2D eigenvalue weighted by atomic mass is 32.2. The first-order chi connectivity index (χ1) is 9.49. The molecule has 6 nitrogen and oxygen atoms in total. The Morgan fingerprint density at radius 1 is 1.29 bits per heavy atom. The Morgan fingerprint density at radius 2 is 1.86 bits per heavy atom. The molecule has 9 heteroatoms. The van der Waals surface area contributed by atoms with E-state index in [2.05, 4.69) is 0 Å². The second-order valence-corrected chi connectivity index (χ2v) is 8.23. The van der Waals surface area contributed by atoms with E-state index in [0.717, 1.165) is 24.5 Å². The van der Waals surface area contributed by atoms with Crippen LogP contribution >= 0.6 is 0 Å². The number of nitrogens with one attached hydrogen (secondary N) is 1. The summed E-state index contributed by atoms with van der Waals surface area (Å²) < 4.78 is 62.7. The predicted molar refractivity (Wildman–Crippen MR) is 74.6 cm³/mol. The quantitative estimate of drug-likeness (QED) is 0.777. The third-order valence-electron chi connectivity index (χ3n) is 2.78. The highest BCUT2D eigenvalue weighted by Gasteiger charge is 2.25. The van der Waals surface area contributed by atoms with E-state index in [1.165, 1.54) is 6.92 Å². The lowest BCUT2D eigenvalue weighted by atomic mass is 10.2. The zero-order valence-corrected chi connectivity index (χ0v) is 13.4. The Hall–Kier alpha value is -1.32. The summed E-state index contributed by atoms with van der Waals surface area (Å²) in [6.45, 7) is 2.90. The molecule has 0 radical (unpaired) electrons. The first kappa shape index (κ1) is 17.7. The minimum absolute atomic E-state index is 0.121. The third-order valence-corrected chi connectivity index (χ3v) is 5.45. The number of carbonyl (C=O) groups excluding carboxylic acids is 1. The molecule has 118 valence electrons. The number of Topliss-reactive ketones (excluding diaryl/α,β-unsaturated/α-hetero) is 1. The van der Waals surface area contributed by atoms with Gasteiger partial charge in [0, 0.05) is 12.7 Å². The molecule has 1 unspecified atom stereocenters. The first-order valence-electron chi connectivity index (χ1n) is 6.03. The van der Waals surface area contributed by atoms with Crippen molar-refractivity contribution in [1.82, 2.24) is 4.72 Å². The lowest BCUT2D eigenvalue weighted by Crippen LogP contribution is -2.38. The van der Waals surface area contributed by atoms with Crippen LogP contribution in [0.5, 0.6) is 0 Å². The van der Waals surface area contributed by atoms with E-state index in [1.54, 1.807) is 6.92 Å². The van der Waals surface area contributed by atoms with E-state index in [1.807, 2.05) is 4.72 Å². The van der Waals surface area contributed by atoms with E-state index in [-0.39, 0.29) is 17.1 Å². The minimum Gasteiger partial charge on any atom is -0.298 e. The van der Waals surface area contributed by atoms with Gasteiger partial charge in [0.2, 0.25) is 10.0 Å². The van der Waals surface area contributed by atoms with Gasteiger partial charge in [0.25, 0.3) is 0 Å². The topological polar surface area (TPSA) is 97.4 Å². The maximum absolute atomic E-state index is 13.7. The molecule has 1 atom stereocenters. The largest absolute Gasteiger partial charge is 0.298 e. The summed E-state index contributed by atoms with van der Waals surface area (Å²) in [4.78, 5) is 10.3. The fraction of sp³-hybridized carbons (Fsp3) is 0.417. The molecule has 0 aliphatic heterocycles. The molecule has 21 heavy (non-hydrogen) atoms. The molecule has 0 aliphatic rings. The van der Waals surface area contributed by atoms with E-state index in [0.29, 0.717) is 0 Å². The normalized spacial score (nSPS) is 13.9. The van der Waals surface area contributed by atoms with E-state index in [9.17, 15) is 26.0 Å². The average molecular weight is 337 g/mol. The van der Waals surface area contributed by atoms with Crippen LogP contribution in [0.4, 0.5) is 4.39 Å². The Balaban J connectivity index is 3.29. The van der Waals surface area contributed by atoms with Crippen molar-refractivity contribution < 1.29 is 26.0 Å². The van der Waals surface area contributed by atoms with E-state index in [4.69, 9.17) is 0 Å². The van der Waals surface area contributed by atoms with Crippen molar-refractivity contribution in [2.24, 2.45) is 0 Å². The van der Waals surface area contributed by atoms with Gasteiger partial charge in [-0.2, -0.15) is 0 Å². The van der Waals surface area contributed by atoms with Crippen LogP contribution in [0.25, 0.3) is 0 Å². The van der Waals surface area contributed by atoms with Crippen LogP contribution in [0.3, 0.4) is 0 Å². The van der Waals surface area contributed by atoms with Crippen molar-refractivity contribution in [3.63, 3.8) is 0 Å². The summed E-state index contributed by atoms with van der Waals surface area (Å²) in [5, 5.41) is 0. The van der Waals surface area contributed by atoms with Crippen molar-refractivity contribution >= 4 is 25.6 Å². The highest BCUT2D eigenvalue weighted by Crippen LogP contribution is 2.20. The number of rotatable bonds is 6. The molecular weight excluding hydrogens is 321 g/mol. The van der Waals surface area contributed by atoms with Crippen LogP contribution in [0.1, 0.15) is 20.3 Å². The second-order valence-electron chi connectivity index (χ2n) is 4.53. The lowest BCUT2D eigenvalue weighted by molar-refractivity contribution is -0.119. The molecule has 0 spiro atoms. The number of ketones is 1. The third kappa shape index (κ3) is 4.32. The summed E-state index contributed by atoms with van der Waals surface area (Å²) in [7, 11) is -8.02. The average Bonchev–Trinajstić information content (AvgIpc) is 2.35. The monoisotopic (exact) mass is 337 g/mol. The van der Waals surface area contributed by atoms with Gasteiger partial charge in [0.15, 0.2) is 9.84 Å². The van der Waals surface area contributed by atoms with Gasteiger partial charge in [-0.05, 0) is 25.1 Å². The van der Waals surface area contributed by atoms with Gasteiger partial charge >= 0.3 is 0 Å². The van der Waals surface area contributed by atoms with Crippen molar-refractivity contribution in [2.45, 2.75) is 36.1 Å². The standard InChI is InChI=1S/C12H16FNO5S2/c1-4-11(15)8(2)14-21(18,19)12-7-9(20(3,16)17)5-6-10(12)13/h5-8,14H,4H2,1-3H3. The van der Waals surface area contributed by atoms with Gasteiger partial charge in [-0.1, -0.05) is 6.92 Å². The SMILES string of the molecule is CCC(=O)C(C)NS(=O)(=O)c1cc(S(C)(=O)=O)ccc1F. The maximum atomic E-state index is 13.7.